The molecule has 18 heavy (non-hydrogen) atoms. The van der Waals surface area contributed by atoms with E-state index in [0.717, 1.165) is 16.0 Å². The molecule has 0 unspecified atom stereocenters. The second-order valence-corrected chi connectivity index (χ2v) is 4.93. The van der Waals surface area contributed by atoms with Crippen molar-refractivity contribution < 1.29 is 4.39 Å². The average molecular weight is 428 g/mol. The van der Waals surface area contributed by atoms with Crippen LogP contribution in [-0.2, 0) is 6.54 Å². The van der Waals surface area contributed by atoms with Crippen LogP contribution in [0.25, 0.3) is 0 Å². The van der Waals surface area contributed by atoms with Crippen LogP contribution >= 0.6 is 39.9 Å². The molecule has 0 heterocycles. The van der Waals surface area contributed by atoms with Gasteiger partial charge in [0.15, 0.2) is 5.96 Å². The Morgan fingerprint density at radius 3 is 2.83 bits per heavy atom. The van der Waals surface area contributed by atoms with Crippen LogP contribution in [0, 0.1) is 5.82 Å². The van der Waals surface area contributed by atoms with Gasteiger partial charge in [0.25, 0.3) is 0 Å². The number of hydrogen-bond donors (Lipinski definition) is 2. The van der Waals surface area contributed by atoms with E-state index in [1.54, 1.807) is 13.1 Å². The molecule has 1 aromatic carbocycles. The fourth-order valence-corrected chi connectivity index (χ4v) is 1.86. The van der Waals surface area contributed by atoms with E-state index in [9.17, 15) is 4.39 Å². The van der Waals surface area contributed by atoms with Gasteiger partial charge >= 0.3 is 0 Å². The first kappa shape index (κ1) is 15.7. The van der Waals surface area contributed by atoms with Crippen LogP contribution in [0.4, 0.5) is 4.39 Å². The molecule has 100 valence electrons. The Morgan fingerprint density at radius 1 is 1.50 bits per heavy atom. The quantitative estimate of drug-likeness (QED) is 0.442. The number of rotatable bonds is 3. The van der Waals surface area contributed by atoms with Gasteiger partial charge in [-0.15, -0.1) is 24.0 Å². The third kappa shape index (κ3) is 4.72. The molecule has 1 aliphatic carbocycles. The predicted octanol–water partition coefficient (Wildman–Crippen LogP) is 3.03. The van der Waals surface area contributed by atoms with Crippen molar-refractivity contribution in [3.63, 3.8) is 0 Å². The van der Waals surface area contributed by atoms with Crippen LogP contribution in [0.1, 0.15) is 18.4 Å². The molecule has 0 radical (unpaired) electrons. The fourth-order valence-electron chi connectivity index (χ4n) is 1.47. The number of halogens is 3. The number of nitrogens with zero attached hydrogens (tertiary/aromatic N) is 1. The monoisotopic (exact) mass is 427 g/mol. The Kier molecular flexibility index (Phi) is 6.34. The standard InChI is InChI=1S/C12H15BrFN3.HI/c1-15-12(17-10-3-4-10)16-7-8-6-9(14)2-5-11(8)13;/h2,5-6,10H,3-4,7H2,1H3,(H2,15,16,17);1H. The Balaban J connectivity index is 0.00000162. The second kappa shape index (κ2) is 7.28. The minimum absolute atomic E-state index is 0. The van der Waals surface area contributed by atoms with Gasteiger partial charge in [0.2, 0.25) is 0 Å². The van der Waals surface area contributed by atoms with E-state index in [2.05, 4.69) is 31.6 Å². The summed E-state index contributed by atoms with van der Waals surface area (Å²) in [5.74, 6) is 0.541. The molecule has 0 aliphatic heterocycles. The van der Waals surface area contributed by atoms with Gasteiger partial charge in [0, 0.05) is 24.1 Å². The molecule has 0 saturated heterocycles. The Bertz CT molecular complexity index is 435. The maximum absolute atomic E-state index is 13.1. The molecule has 2 rings (SSSR count). The molecule has 1 saturated carbocycles. The zero-order valence-electron chi connectivity index (χ0n) is 10.0. The van der Waals surface area contributed by atoms with Crippen LogP contribution in [0.5, 0.6) is 0 Å². The number of benzene rings is 1. The van der Waals surface area contributed by atoms with Crippen molar-refractivity contribution in [2.24, 2.45) is 4.99 Å². The summed E-state index contributed by atoms with van der Waals surface area (Å²) in [6.07, 6.45) is 2.40. The normalized spacial score (nSPS) is 14.9. The van der Waals surface area contributed by atoms with E-state index in [4.69, 9.17) is 0 Å². The van der Waals surface area contributed by atoms with Crippen molar-refractivity contribution in [2.75, 3.05) is 7.05 Å². The van der Waals surface area contributed by atoms with Gasteiger partial charge in [-0.3, -0.25) is 4.99 Å². The van der Waals surface area contributed by atoms with Gasteiger partial charge in [-0.1, -0.05) is 15.9 Å². The van der Waals surface area contributed by atoms with Crippen LogP contribution < -0.4 is 10.6 Å². The second-order valence-electron chi connectivity index (χ2n) is 4.08. The lowest BCUT2D eigenvalue weighted by Crippen LogP contribution is -2.38. The molecule has 3 nitrogen and oxygen atoms in total. The molecular weight excluding hydrogens is 412 g/mol. The smallest absolute Gasteiger partial charge is 0.191 e. The van der Waals surface area contributed by atoms with Gasteiger partial charge < -0.3 is 10.6 Å². The zero-order valence-corrected chi connectivity index (χ0v) is 14.0. The van der Waals surface area contributed by atoms with Gasteiger partial charge in [-0.25, -0.2) is 4.39 Å². The first-order valence-corrected chi connectivity index (χ1v) is 6.39. The average Bonchev–Trinajstić information content (AvgIpc) is 3.12. The summed E-state index contributed by atoms with van der Waals surface area (Å²) < 4.78 is 14.0. The lowest BCUT2D eigenvalue weighted by Gasteiger charge is -2.12. The van der Waals surface area contributed by atoms with E-state index < -0.39 is 0 Å². The third-order valence-electron chi connectivity index (χ3n) is 2.60. The molecule has 0 spiro atoms. The van der Waals surface area contributed by atoms with E-state index in [0.29, 0.717) is 12.6 Å². The first-order chi connectivity index (χ1) is 8.19. The van der Waals surface area contributed by atoms with Crippen molar-refractivity contribution in [2.45, 2.75) is 25.4 Å². The number of hydrogen-bond acceptors (Lipinski definition) is 1. The van der Waals surface area contributed by atoms with Gasteiger partial charge in [0.1, 0.15) is 5.82 Å². The minimum atomic E-state index is -0.227. The van der Waals surface area contributed by atoms with E-state index in [-0.39, 0.29) is 29.8 Å². The Morgan fingerprint density at radius 2 is 2.22 bits per heavy atom. The molecule has 0 aromatic heterocycles. The van der Waals surface area contributed by atoms with Gasteiger partial charge in [-0.2, -0.15) is 0 Å². The predicted molar refractivity (Wildman–Crippen MR) is 85.9 cm³/mol. The van der Waals surface area contributed by atoms with Crippen molar-refractivity contribution in [3.8, 4) is 0 Å². The maximum atomic E-state index is 13.1. The molecular formula is C12H16BrFIN3. The van der Waals surface area contributed by atoms with Gasteiger partial charge in [0.05, 0.1) is 0 Å². The SMILES string of the molecule is CN=C(NCc1cc(F)ccc1Br)NC1CC1.I. The maximum Gasteiger partial charge on any atom is 0.191 e. The molecule has 6 heteroatoms. The third-order valence-corrected chi connectivity index (χ3v) is 3.37. The molecule has 2 N–H and O–H groups in total. The summed E-state index contributed by atoms with van der Waals surface area (Å²) in [7, 11) is 1.73. The number of nitrogens with one attached hydrogen (secondary N) is 2. The highest BCUT2D eigenvalue weighted by Gasteiger charge is 2.22. The van der Waals surface area contributed by atoms with E-state index >= 15 is 0 Å². The summed E-state index contributed by atoms with van der Waals surface area (Å²) in [6, 6.07) is 5.22. The lowest BCUT2D eigenvalue weighted by molar-refractivity contribution is 0.624. The van der Waals surface area contributed by atoms with E-state index in [1.807, 2.05) is 0 Å². The molecule has 1 aliphatic rings. The minimum Gasteiger partial charge on any atom is -0.354 e. The van der Waals surface area contributed by atoms with Crippen molar-refractivity contribution in [1.82, 2.24) is 10.6 Å². The molecule has 0 bridgehead atoms. The highest BCUT2D eigenvalue weighted by atomic mass is 127. The molecule has 1 fully saturated rings. The molecule has 0 amide bonds. The molecule has 1 aromatic rings. The van der Waals surface area contributed by atoms with Crippen LogP contribution in [0.2, 0.25) is 0 Å². The summed E-state index contributed by atoms with van der Waals surface area (Å²) in [5, 5.41) is 6.44. The Hall–Kier alpha value is -0.370. The lowest BCUT2D eigenvalue weighted by atomic mass is 10.2. The van der Waals surface area contributed by atoms with Crippen molar-refractivity contribution in [1.29, 1.82) is 0 Å². The Labute approximate surface area is 132 Å². The van der Waals surface area contributed by atoms with Crippen molar-refractivity contribution >= 4 is 45.9 Å². The number of guanidine groups is 1. The molecule has 0 atom stereocenters. The zero-order chi connectivity index (χ0) is 12.3. The highest BCUT2D eigenvalue weighted by molar-refractivity contribution is 14.0. The fraction of sp³-hybridized carbons (Fsp3) is 0.417. The largest absolute Gasteiger partial charge is 0.354 e. The summed E-state index contributed by atoms with van der Waals surface area (Å²) >= 11 is 3.40. The summed E-state index contributed by atoms with van der Waals surface area (Å²) in [5.41, 5.74) is 0.878. The summed E-state index contributed by atoms with van der Waals surface area (Å²) in [4.78, 5) is 4.12. The van der Waals surface area contributed by atoms with Crippen LogP contribution in [-0.4, -0.2) is 19.0 Å². The van der Waals surface area contributed by atoms with Crippen LogP contribution in [0.3, 0.4) is 0 Å². The first-order valence-electron chi connectivity index (χ1n) is 5.60. The van der Waals surface area contributed by atoms with Crippen LogP contribution in [0.15, 0.2) is 27.7 Å². The van der Waals surface area contributed by atoms with Crippen molar-refractivity contribution in [3.05, 3.63) is 34.1 Å². The van der Waals surface area contributed by atoms with Gasteiger partial charge in [-0.05, 0) is 36.6 Å². The highest BCUT2D eigenvalue weighted by Crippen LogP contribution is 2.19. The number of aliphatic imine (C=N–C) groups is 1. The van der Waals surface area contributed by atoms with E-state index in [1.165, 1.54) is 25.0 Å². The topological polar surface area (TPSA) is 36.4 Å². The summed E-state index contributed by atoms with van der Waals surface area (Å²) in [6.45, 7) is 0.546.